The minimum absolute atomic E-state index is 0.540. The monoisotopic (exact) mass is 792 g/mol. The standard InChI is InChI=1S/C48H48N12/c1-2-50-26-38-15-41-18-42(16-38)30-54-8-10-58-34-46-20-44-22-48(24-46)36-60-12-11-59-35-47-21-43(19-45(23-47)33-57-9-7-53-29-41)31-55-5-3-51-27-39-13-37(25-49-1)14-40(17-39)28-52-4-6-56-32-44/h13-36H,1-12H2/b49-25+,50-26+,51-27+,52-28+,53-29+,54-30+,55-31+,56-32+,57-33+,58-34+,59-35+,60-36+. The Bertz CT molecular complexity index is 1800. The molecule has 12 bridgehead atoms. The van der Waals surface area contributed by atoms with Crippen molar-refractivity contribution in [2.24, 2.45) is 59.9 Å². The lowest BCUT2D eigenvalue weighted by molar-refractivity contribution is 0.983. The summed E-state index contributed by atoms with van der Waals surface area (Å²) in [7, 11) is 0. The average molecular weight is 793 g/mol. The van der Waals surface area contributed by atoms with Crippen molar-refractivity contribution in [1.29, 1.82) is 0 Å². The summed E-state index contributed by atoms with van der Waals surface area (Å²) in [5, 5.41) is 0. The highest BCUT2D eigenvalue weighted by Gasteiger charge is 2.02. The van der Waals surface area contributed by atoms with E-state index in [0.717, 1.165) is 66.8 Å². The van der Waals surface area contributed by atoms with Gasteiger partial charge in [0, 0.05) is 74.6 Å². The predicted octanol–water partition coefficient (Wildman–Crippen LogP) is 5.85. The van der Waals surface area contributed by atoms with Gasteiger partial charge in [-0.15, -0.1) is 0 Å². The lowest BCUT2D eigenvalue weighted by Crippen LogP contribution is -1.97. The van der Waals surface area contributed by atoms with E-state index in [-0.39, 0.29) is 0 Å². The van der Waals surface area contributed by atoms with E-state index in [4.69, 9.17) is 59.9 Å². The summed E-state index contributed by atoms with van der Waals surface area (Å²) in [4.78, 5) is 56.5. The van der Waals surface area contributed by atoms with Crippen molar-refractivity contribution in [3.05, 3.63) is 140 Å². The molecule has 0 fully saturated rings. The summed E-state index contributed by atoms with van der Waals surface area (Å²) < 4.78 is 0. The molecule has 4 aromatic rings. The third-order valence-corrected chi connectivity index (χ3v) is 9.03. The first-order valence-corrected chi connectivity index (χ1v) is 20.3. The molecule has 4 aliphatic rings. The Morgan fingerprint density at radius 1 is 0.150 bits per heavy atom. The molecule has 0 aliphatic carbocycles. The molecule has 60 heavy (non-hydrogen) atoms. The Kier molecular flexibility index (Phi) is 15.6. The molecule has 0 saturated heterocycles. The maximum atomic E-state index is 4.71. The first-order valence-electron chi connectivity index (χ1n) is 20.3. The van der Waals surface area contributed by atoms with Crippen LogP contribution >= 0.6 is 0 Å². The van der Waals surface area contributed by atoms with Crippen LogP contribution in [0.1, 0.15) is 66.8 Å². The second-order valence-corrected chi connectivity index (χ2v) is 14.2. The average Bonchev–Trinajstić information content (AvgIpc) is 3.24. The Labute approximate surface area is 351 Å². The van der Waals surface area contributed by atoms with Crippen LogP contribution in [0.3, 0.4) is 0 Å². The fourth-order valence-corrected chi connectivity index (χ4v) is 6.44. The van der Waals surface area contributed by atoms with E-state index in [2.05, 4.69) is 72.8 Å². The third kappa shape index (κ3) is 14.1. The molecule has 0 aromatic heterocycles. The highest BCUT2D eigenvalue weighted by atomic mass is 14.8. The number of hydrogen-bond donors (Lipinski definition) is 0. The lowest BCUT2D eigenvalue weighted by atomic mass is 10.1. The maximum Gasteiger partial charge on any atom is 0.0585 e. The van der Waals surface area contributed by atoms with Crippen LogP contribution in [0.4, 0.5) is 0 Å². The smallest absolute Gasteiger partial charge is 0.0585 e. The summed E-state index contributed by atoms with van der Waals surface area (Å²) >= 11 is 0. The molecule has 300 valence electrons. The number of aliphatic imine (C=N–C) groups is 12. The Morgan fingerprint density at radius 2 is 0.233 bits per heavy atom. The molecule has 0 unspecified atom stereocenters. The van der Waals surface area contributed by atoms with Gasteiger partial charge in [0.1, 0.15) is 0 Å². The van der Waals surface area contributed by atoms with Gasteiger partial charge in [-0.25, -0.2) is 0 Å². The lowest BCUT2D eigenvalue weighted by Gasteiger charge is -2.02. The molecule has 0 amide bonds. The molecule has 0 spiro atoms. The van der Waals surface area contributed by atoms with Crippen LogP contribution in [0.25, 0.3) is 0 Å². The van der Waals surface area contributed by atoms with Gasteiger partial charge in [0.05, 0.1) is 78.5 Å². The normalized spacial score (nSPS) is 22.8. The third-order valence-electron chi connectivity index (χ3n) is 9.03. The van der Waals surface area contributed by atoms with Crippen LogP contribution in [-0.2, 0) is 0 Å². The number of fused-ring (bicyclic) bond motifs is 18. The van der Waals surface area contributed by atoms with E-state index in [0.29, 0.717) is 78.5 Å². The van der Waals surface area contributed by atoms with Crippen molar-refractivity contribution in [2.45, 2.75) is 0 Å². The molecule has 12 nitrogen and oxygen atoms in total. The molecule has 0 radical (unpaired) electrons. The molecule has 4 heterocycles. The largest absolute Gasteiger partial charge is 0.291 e. The van der Waals surface area contributed by atoms with Crippen LogP contribution in [0.5, 0.6) is 0 Å². The first-order chi connectivity index (χ1) is 29.7. The minimum atomic E-state index is 0.540. The highest BCUT2D eigenvalue weighted by molar-refractivity contribution is 5.95. The number of rotatable bonds is 0. The van der Waals surface area contributed by atoms with Crippen molar-refractivity contribution in [3.8, 4) is 0 Å². The van der Waals surface area contributed by atoms with Crippen LogP contribution < -0.4 is 0 Å². The Hall–Kier alpha value is -7.08. The van der Waals surface area contributed by atoms with Crippen molar-refractivity contribution < 1.29 is 0 Å². The van der Waals surface area contributed by atoms with Gasteiger partial charge >= 0.3 is 0 Å². The number of benzene rings is 4. The summed E-state index contributed by atoms with van der Waals surface area (Å²) in [6, 6.07) is 24.9. The zero-order chi connectivity index (χ0) is 40.9. The minimum Gasteiger partial charge on any atom is -0.291 e. The van der Waals surface area contributed by atoms with E-state index in [1.54, 1.807) is 0 Å². The highest BCUT2D eigenvalue weighted by Crippen LogP contribution is 2.11. The van der Waals surface area contributed by atoms with Gasteiger partial charge in [-0.2, -0.15) is 0 Å². The van der Waals surface area contributed by atoms with Crippen LogP contribution in [-0.4, -0.2) is 153 Å². The van der Waals surface area contributed by atoms with E-state index >= 15 is 0 Å². The number of nitrogens with zero attached hydrogens (tertiary/aromatic N) is 12. The number of hydrogen-bond acceptors (Lipinski definition) is 12. The van der Waals surface area contributed by atoms with Gasteiger partial charge in [0.15, 0.2) is 0 Å². The van der Waals surface area contributed by atoms with Crippen molar-refractivity contribution in [1.82, 2.24) is 0 Å². The van der Waals surface area contributed by atoms with Crippen LogP contribution in [0.2, 0.25) is 0 Å². The maximum absolute atomic E-state index is 4.71. The molecule has 4 aromatic carbocycles. The summed E-state index contributed by atoms with van der Waals surface area (Å²) in [5.41, 5.74) is 11.5. The van der Waals surface area contributed by atoms with Gasteiger partial charge in [-0.1, -0.05) is 0 Å². The molecule has 0 N–H and O–H groups in total. The van der Waals surface area contributed by atoms with Crippen LogP contribution in [0, 0.1) is 0 Å². The molecule has 8 rings (SSSR count). The first kappa shape index (κ1) is 41.1. The molecular formula is C48H48N12. The van der Waals surface area contributed by atoms with Crippen LogP contribution in [0.15, 0.2) is 133 Å². The molecule has 0 atom stereocenters. The summed E-state index contributed by atoms with van der Waals surface area (Å²) in [6.07, 6.45) is 22.6. The van der Waals surface area contributed by atoms with Crippen molar-refractivity contribution in [2.75, 3.05) is 78.5 Å². The second-order valence-electron chi connectivity index (χ2n) is 14.2. The molecular weight excluding hydrogens is 745 g/mol. The SMILES string of the molecule is C1=N/CC/N=C/c2cc3cc(c2)/C=N/CC/N=C/c2cc4cc(c2)/C=N/CC/N=C/c2cc(cc(c2)/C=N/CC/N=C/3)/C=N/CC/N=C/c2cc/1cc(c2)/C=N/CC/N=C/4. The molecule has 12 heteroatoms. The van der Waals surface area contributed by atoms with E-state index < -0.39 is 0 Å². The Balaban J connectivity index is 1.32. The van der Waals surface area contributed by atoms with E-state index in [1.165, 1.54) is 0 Å². The molecule has 0 saturated carbocycles. The van der Waals surface area contributed by atoms with Crippen molar-refractivity contribution >= 4 is 74.6 Å². The van der Waals surface area contributed by atoms with Gasteiger partial charge in [-0.05, 0) is 140 Å². The zero-order valence-electron chi connectivity index (χ0n) is 33.7. The van der Waals surface area contributed by atoms with E-state index in [1.807, 2.05) is 74.6 Å². The Morgan fingerprint density at radius 3 is 0.317 bits per heavy atom. The van der Waals surface area contributed by atoms with Gasteiger partial charge in [0.2, 0.25) is 0 Å². The topological polar surface area (TPSA) is 148 Å². The fraction of sp³-hybridized carbons (Fsp3) is 0.250. The van der Waals surface area contributed by atoms with Gasteiger partial charge in [-0.3, -0.25) is 59.9 Å². The van der Waals surface area contributed by atoms with Gasteiger partial charge in [0.25, 0.3) is 0 Å². The quantitative estimate of drug-likeness (QED) is 0.210. The van der Waals surface area contributed by atoms with E-state index in [9.17, 15) is 0 Å². The molecule has 4 aliphatic heterocycles. The second kappa shape index (κ2) is 22.8. The van der Waals surface area contributed by atoms with Crippen molar-refractivity contribution in [3.63, 3.8) is 0 Å². The predicted molar refractivity (Wildman–Crippen MR) is 255 cm³/mol. The summed E-state index contributed by atoms with van der Waals surface area (Å²) in [6.45, 7) is 6.48. The summed E-state index contributed by atoms with van der Waals surface area (Å²) in [5.74, 6) is 0. The zero-order valence-corrected chi connectivity index (χ0v) is 33.7. The fourth-order valence-electron chi connectivity index (χ4n) is 6.44. The van der Waals surface area contributed by atoms with Gasteiger partial charge < -0.3 is 0 Å².